The normalized spacial score (nSPS) is 19.8. The van der Waals surface area contributed by atoms with Gasteiger partial charge in [0.2, 0.25) is 5.91 Å². The van der Waals surface area contributed by atoms with Crippen LogP contribution < -0.4 is 40.0 Å². The van der Waals surface area contributed by atoms with Crippen molar-refractivity contribution in [2.45, 2.75) is 32.2 Å². The molecule has 3 amide bonds. The first kappa shape index (κ1) is 26.8. The van der Waals surface area contributed by atoms with Crippen LogP contribution in [-0.2, 0) is 23.9 Å². The Hall–Kier alpha value is -1.21. The number of nitrogens with one attached hydrogen (secondary N) is 1. The third-order valence-electron chi connectivity index (χ3n) is 4.36. The summed E-state index contributed by atoms with van der Waals surface area (Å²) in [6.45, 7) is 5.69. The second kappa shape index (κ2) is 12.0. The third kappa shape index (κ3) is 6.16. The second-order valence-electron chi connectivity index (χ2n) is 6.20. The molecule has 30 heavy (non-hydrogen) atoms. The molecule has 0 aromatic carbocycles. The fourth-order valence-corrected chi connectivity index (χ4v) is 4.99. The van der Waals surface area contributed by atoms with Gasteiger partial charge in [-0.3, -0.25) is 24.1 Å². The van der Waals surface area contributed by atoms with Gasteiger partial charge in [-0.15, -0.1) is 11.8 Å². The van der Waals surface area contributed by atoms with E-state index in [-0.39, 0.29) is 64.2 Å². The summed E-state index contributed by atoms with van der Waals surface area (Å²) >= 11 is 2.10. The molecule has 1 N–H and O–H groups in total. The number of ether oxygens (including phenoxy) is 1. The molecule has 160 valence electrons. The number of amides is 3. The quantitative estimate of drug-likeness (QED) is 0.216. The molecule has 2 atom stereocenters. The summed E-state index contributed by atoms with van der Waals surface area (Å²) < 4.78 is 4.84. The molecular weight excluding hydrogens is 445 g/mol. The molecule has 1 saturated heterocycles. The van der Waals surface area contributed by atoms with E-state index in [1.54, 1.807) is 4.90 Å². The first-order valence-corrected chi connectivity index (χ1v) is 11.0. The van der Waals surface area contributed by atoms with Crippen molar-refractivity contribution in [1.29, 1.82) is 0 Å². The Morgan fingerprint density at radius 2 is 1.93 bits per heavy atom. The second-order valence-corrected chi connectivity index (χ2v) is 8.23. The number of aliphatic carboxylic acids is 1. The number of carboxylic acids is 1. The summed E-state index contributed by atoms with van der Waals surface area (Å²) in [5.74, 6) is -3.12. The molecule has 0 bridgehead atoms. The summed E-state index contributed by atoms with van der Waals surface area (Å²) in [4.78, 5) is 61.7. The standard InChI is InChI=1S/C17H23N3O7S2.Na/c1-4-19(5-2)17(26)29-8-11(22)18-12-14(23)20-13(16(24)25)10(6-27-9(3)21)7-28-15(12)20;/h12,15H,4-8H2,1-3H3,(H,18,22)(H,24,25);/q;+1/p-1/t12-,15-;/m1./s1. The van der Waals surface area contributed by atoms with Crippen molar-refractivity contribution in [3.05, 3.63) is 11.3 Å². The molecular formula is C17H22N3NaO7S2. The predicted molar refractivity (Wildman–Crippen MR) is 104 cm³/mol. The zero-order valence-electron chi connectivity index (χ0n) is 17.3. The average Bonchev–Trinajstić information content (AvgIpc) is 2.68. The summed E-state index contributed by atoms with van der Waals surface area (Å²) in [5, 5.41) is 13.3. The Bertz CT molecular complexity index is 758. The average molecular weight is 468 g/mol. The first-order chi connectivity index (χ1) is 13.7. The molecule has 0 aromatic heterocycles. The number of carbonyl (C=O) groups is 5. The Morgan fingerprint density at radius 1 is 1.30 bits per heavy atom. The zero-order valence-corrected chi connectivity index (χ0v) is 20.9. The van der Waals surface area contributed by atoms with E-state index in [1.807, 2.05) is 13.8 Å². The third-order valence-corrected chi connectivity index (χ3v) is 6.61. The van der Waals surface area contributed by atoms with Crippen LogP contribution in [0.3, 0.4) is 0 Å². The van der Waals surface area contributed by atoms with Crippen molar-refractivity contribution in [2.24, 2.45) is 0 Å². The molecule has 0 unspecified atom stereocenters. The molecule has 2 rings (SSSR count). The van der Waals surface area contributed by atoms with Crippen molar-refractivity contribution in [2.75, 3.05) is 31.2 Å². The van der Waals surface area contributed by atoms with Gasteiger partial charge in [-0.1, -0.05) is 11.8 Å². The first-order valence-electron chi connectivity index (χ1n) is 8.93. The summed E-state index contributed by atoms with van der Waals surface area (Å²) in [6, 6.07) is -0.888. The molecule has 10 nitrogen and oxygen atoms in total. The van der Waals surface area contributed by atoms with Gasteiger partial charge in [-0.2, -0.15) is 0 Å². The predicted octanol–water partition coefficient (Wildman–Crippen LogP) is -3.85. The van der Waals surface area contributed by atoms with E-state index in [9.17, 15) is 29.1 Å². The van der Waals surface area contributed by atoms with Crippen LogP contribution in [0.4, 0.5) is 4.79 Å². The summed E-state index contributed by atoms with van der Waals surface area (Å²) in [6.07, 6.45) is 0. The van der Waals surface area contributed by atoms with Crippen LogP contribution in [-0.4, -0.2) is 81.4 Å². The molecule has 0 aromatic rings. The van der Waals surface area contributed by atoms with Crippen molar-refractivity contribution in [3.8, 4) is 0 Å². The number of thioether (sulfide) groups is 2. The van der Waals surface area contributed by atoms with Crippen molar-refractivity contribution >= 4 is 52.5 Å². The van der Waals surface area contributed by atoms with Crippen molar-refractivity contribution in [3.63, 3.8) is 0 Å². The maximum atomic E-state index is 12.5. The van der Waals surface area contributed by atoms with Gasteiger partial charge in [-0.05, 0) is 13.8 Å². The number of esters is 1. The van der Waals surface area contributed by atoms with Crippen LogP contribution in [0.1, 0.15) is 20.8 Å². The van der Waals surface area contributed by atoms with Gasteiger partial charge in [0.25, 0.3) is 11.1 Å². The van der Waals surface area contributed by atoms with Crippen LogP contribution in [0.2, 0.25) is 0 Å². The van der Waals surface area contributed by atoms with Crippen molar-refractivity contribution in [1.82, 2.24) is 15.1 Å². The van der Waals surface area contributed by atoms with Crippen LogP contribution in [0.15, 0.2) is 11.3 Å². The van der Waals surface area contributed by atoms with E-state index in [4.69, 9.17) is 4.74 Å². The van der Waals surface area contributed by atoms with Crippen LogP contribution in [0.25, 0.3) is 0 Å². The Morgan fingerprint density at radius 3 is 2.47 bits per heavy atom. The molecule has 0 spiro atoms. The van der Waals surface area contributed by atoms with Crippen molar-refractivity contribution < 1.29 is 63.4 Å². The number of nitrogens with zero attached hydrogens (tertiary/aromatic N) is 2. The van der Waals surface area contributed by atoms with Gasteiger partial charge in [-0.25, -0.2) is 0 Å². The fraction of sp³-hybridized carbons (Fsp3) is 0.588. The van der Waals surface area contributed by atoms with Crippen LogP contribution in [0, 0.1) is 0 Å². The number of carbonyl (C=O) groups excluding carboxylic acids is 5. The molecule has 13 heteroatoms. The summed E-state index contributed by atoms with van der Waals surface area (Å²) in [7, 11) is 0. The molecule has 2 heterocycles. The van der Waals surface area contributed by atoms with Crippen LogP contribution in [0.5, 0.6) is 0 Å². The van der Waals surface area contributed by atoms with E-state index in [0.29, 0.717) is 13.1 Å². The SMILES string of the molecule is CCN(CC)C(=O)SCC(=O)N[C@@H]1C(=O)N2C(C(=O)[O-])=C(COC(C)=O)CS[C@H]12.[Na+]. The van der Waals surface area contributed by atoms with Gasteiger partial charge < -0.3 is 24.9 Å². The topological polar surface area (TPSA) is 136 Å². The maximum absolute atomic E-state index is 12.5. The van der Waals surface area contributed by atoms with E-state index < -0.39 is 35.2 Å². The van der Waals surface area contributed by atoms with Gasteiger partial charge in [0.05, 0.1) is 17.4 Å². The smallest absolute Gasteiger partial charge is 0.543 e. The maximum Gasteiger partial charge on any atom is 1.00 e. The Labute approximate surface area is 204 Å². The minimum absolute atomic E-state index is 0. The van der Waals surface area contributed by atoms with E-state index in [1.165, 1.54) is 18.7 Å². The number of fused-ring (bicyclic) bond motifs is 1. The molecule has 2 aliphatic rings. The summed E-state index contributed by atoms with van der Waals surface area (Å²) in [5.41, 5.74) is -0.0588. The number of β-lactam (4-membered cyclic amide) rings is 1. The Balaban J connectivity index is 0.00000450. The van der Waals surface area contributed by atoms with Gasteiger partial charge >= 0.3 is 35.5 Å². The molecule has 0 aliphatic carbocycles. The zero-order chi connectivity index (χ0) is 21.7. The minimum atomic E-state index is -1.55. The number of hydrogen-bond acceptors (Lipinski definition) is 9. The molecule has 0 radical (unpaired) electrons. The number of carboxylic acid groups (broad SMARTS) is 1. The largest absolute Gasteiger partial charge is 1.00 e. The molecule has 1 fully saturated rings. The van der Waals surface area contributed by atoms with Gasteiger partial charge in [0.1, 0.15) is 18.0 Å². The molecule has 2 aliphatic heterocycles. The minimum Gasteiger partial charge on any atom is -0.543 e. The van der Waals surface area contributed by atoms with Gasteiger partial charge in [0, 0.05) is 31.3 Å². The molecule has 0 saturated carbocycles. The van der Waals surface area contributed by atoms with Crippen LogP contribution >= 0.6 is 23.5 Å². The van der Waals surface area contributed by atoms with E-state index in [0.717, 1.165) is 16.7 Å². The Kier molecular flexibility index (Phi) is 10.7. The fourth-order valence-electron chi connectivity index (χ4n) is 2.89. The van der Waals surface area contributed by atoms with E-state index in [2.05, 4.69) is 5.32 Å². The van der Waals surface area contributed by atoms with E-state index >= 15 is 0 Å². The number of rotatable bonds is 8. The van der Waals surface area contributed by atoms with Gasteiger partial charge in [0.15, 0.2) is 0 Å². The number of hydrogen-bond donors (Lipinski definition) is 1. The monoisotopic (exact) mass is 467 g/mol.